The van der Waals surface area contributed by atoms with Crippen molar-refractivity contribution in [3.8, 4) is 0 Å². The number of rotatable bonds is 7. The number of nitrogens with two attached hydrogens (primary N) is 1. The van der Waals surface area contributed by atoms with Gasteiger partial charge in [0.1, 0.15) is 6.61 Å². The molecule has 1 atom stereocenters. The van der Waals surface area contributed by atoms with Crippen LogP contribution in [0.1, 0.15) is 18.4 Å². The molecule has 6 nitrogen and oxygen atoms in total. The molecule has 0 radical (unpaired) electrons. The number of carbonyl (C=O) groups excluding carboxylic acids is 2. The Labute approximate surface area is 142 Å². The van der Waals surface area contributed by atoms with Gasteiger partial charge in [0.25, 0.3) is 0 Å². The van der Waals surface area contributed by atoms with Crippen molar-refractivity contribution in [2.75, 3.05) is 26.8 Å². The van der Waals surface area contributed by atoms with E-state index >= 15 is 0 Å². The molecule has 1 aliphatic rings. The quantitative estimate of drug-likeness (QED) is 0.600. The molecule has 2 rings (SSSR count). The van der Waals surface area contributed by atoms with Crippen LogP contribution in [0.2, 0.25) is 0 Å². The summed E-state index contributed by atoms with van der Waals surface area (Å²) in [7, 11) is 1.65. The number of methoxy groups -OCH3 is 1. The zero-order valence-electron chi connectivity index (χ0n) is 13.9. The lowest BCUT2D eigenvalue weighted by Gasteiger charge is -2.28. The van der Waals surface area contributed by atoms with Crippen LogP contribution < -0.4 is 5.73 Å². The summed E-state index contributed by atoms with van der Waals surface area (Å²) in [6.07, 6.45) is 2.63. The van der Waals surface area contributed by atoms with Crippen molar-refractivity contribution >= 4 is 11.9 Å². The van der Waals surface area contributed by atoms with E-state index in [0.29, 0.717) is 19.7 Å². The highest BCUT2D eigenvalue weighted by molar-refractivity contribution is 5.86. The van der Waals surface area contributed by atoms with Crippen LogP contribution in [0.3, 0.4) is 0 Å². The number of esters is 1. The fourth-order valence-corrected chi connectivity index (χ4v) is 2.53. The molecule has 1 aliphatic heterocycles. The fraction of sp³-hybridized carbons (Fsp3) is 0.444. The van der Waals surface area contributed by atoms with Gasteiger partial charge in [-0.1, -0.05) is 36.4 Å². The molecule has 0 aliphatic carbocycles. The molecular formula is C18H24N2O4. The number of amides is 1. The van der Waals surface area contributed by atoms with Crippen LogP contribution in [0.15, 0.2) is 42.0 Å². The van der Waals surface area contributed by atoms with Crippen molar-refractivity contribution in [2.45, 2.75) is 25.5 Å². The molecule has 0 unspecified atom stereocenters. The van der Waals surface area contributed by atoms with Gasteiger partial charge in [0.2, 0.25) is 5.91 Å². The van der Waals surface area contributed by atoms with Gasteiger partial charge in [-0.3, -0.25) is 9.59 Å². The van der Waals surface area contributed by atoms with E-state index in [2.05, 4.69) is 0 Å². The maximum atomic E-state index is 12.3. The normalized spacial score (nSPS) is 15.6. The van der Waals surface area contributed by atoms with E-state index in [1.807, 2.05) is 36.4 Å². The van der Waals surface area contributed by atoms with E-state index in [-0.39, 0.29) is 18.9 Å². The van der Waals surface area contributed by atoms with Crippen molar-refractivity contribution < 1.29 is 19.1 Å². The van der Waals surface area contributed by atoms with E-state index in [1.54, 1.807) is 12.0 Å². The molecule has 2 N–H and O–H groups in total. The first-order valence-electron chi connectivity index (χ1n) is 8.01. The van der Waals surface area contributed by atoms with Crippen molar-refractivity contribution in [1.82, 2.24) is 4.90 Å². The zero-order chi connectivity index (χ0) is 17.4. The van der Waals surface area contributed by atoms with E-state index in [0.717, 1.165) is 12.0 Å². The zero-order valence-corrected chi connectivity index (χ0v) is 13.9. The summed E-state index contributed by atoms with van der Waals surface area (Å²) in [5.74, 6) is -0.688. The first kappa shape index (κ1) is 18.2. The largest absolute Gasteiger partial charge is 0.461 e. The molecule has 1 heterocycles. The van der Waals surface area contributed by atoms with Crippen LogP contribution in [0.5, 0.6) is 0 Å². The second kappa shape index (κ2) is 9.20. The molecular weight excluding hydrogens is 308 g/mol. The molecule has 130 valence electrons. The monoisotopic (exact) mass is 332 g/mol. The van der Waals surface area contributed by atoms with Crippen molar-refractivity contribution in [2.24, 2.45) is 5.73 Å². The Kier molecular flexibility index (Phi) is 6.96. The first-order valence-corrected chi connectivity index (χ1v) is 8.01. The smallest absolute Gasteiger partial charge is 0.308 e. The van der Waals surface area contributed by atoms with E-state index in [1.165, 1.54) is 5.57 Å². The molecule has 0 saturated heterocycles. The molecule has 0 bridgehead atoms. The van der Waals surface area contributed by atoms with Crippen LogP contribution in [0.25, 0.3) is 0 Å². The van der Waals surface area contributed by atoms with Gasteiger partial charge in [-0.05, 0) is 17.6 Å². The minimum Gasteiger partial charge on any atom is -0.461 e. The highest BCUT2D eigenvalue weighted by Gasteiger charge is 2.25. The number of hydrogen-bond donors (Lipinski definition) is 1. The minimum absolute atomic E-state index is 0.114. The van der Waals surface area contributed by atoms with Gasteiger partial charge in [-0.2, -0.15) is 0 Å². The maximum Gasteiger partial charge on any atom is 0.308 e. The van der Waals surface area contributed by atoms with Gasteiger partial charge in [0, 0.05) is 20.2 Å². The van der Waals surface area contributed by atoms with Gasteiger partial charge >= 0.3 is 5.97 Å². The highest BCUT2D eigenvalue weighted by Crippen LogP contribution is 2.12. The van der Waals surface area contributed by atoms with E-state index in [4.69, 9.17) is 15.2 Å². The van der Waals surface area contributed by atoms with Crippen LogP contribution in [-0.4, -0.2) is 49.6 Å². The molecule has 0 spiro atoms. The molecule has 6 heteroatoms. The average Bonchev–Trinajstić information content (AvgIpc) is 2.61. The lowest BCUT2D eigenvalue weighted by molar-refractivity contribution is -0.148. The lowest BCUT2D eigenvalue weighted by Crippen LogP contribution is -2.46. The third-order valence-corrected chi connectivity index (χ3v) is 3.89. The number of ether oxygens (including phenoxy) is 2. The third-order valence-electron chi connectivity index (χ3n) is 3.89. The van der Waals surface area contributed by atoms with Crippen molar-refractivity contribution in [3.63, 3.8) is 0 Å². The Morgan fingerprint density at radius 1 is 1.25 bits per heavy atom. The summed E-state index contributed by atoms with van der Waals surface area (Å²) >= 11 is 0. The summed E-state index contributed by atoms with van der Waals surface area (Å²) in [4.78, 5) is 25.8. The van der Waals surface area contributed by atoms with Crippen LogP contribution in [-0.2, 0) is 25.7 Å². The first-order chi connectivity index (χ1) is 11.6. The number of carbonyl (C=O) groups is 2. The topological polar surface area (TPSA) is 81.9 Å². The fourth-order valence-electron chi connectivity index (χ4n) is 2.53. The third kappa shape index (κ3) is 5.47. The summed E-state index contributed by atoms with van der Waals surface area (Å²) in [6, 6.07) is 8.52. The van der Waals surface area contributed by atoms with Gasteiger partial charge in [0.15, 0.2) is 0 Å². The van der Waals surface area contributed by atoms with Crippen LogP contribution in [0.4, 0.5) is 0 Å². The molecule has 0 fully saturated rings. The predicted molar refractivity (Wildman–Crippen MR) is 90.0 cm³/mol. The summed E-state index contributed by atoms with van der Waals surface area (Å²) in [5.41, 5.74) is 7.95. The van der Waals surface area contributed by atoms with Gasteiger partial charge in [-0.25, -0.2) is 0 Å². The highest BCUT2D eigenvalue weighted by atomic mass is 16.5. The Hall–Kier alpha value is -2.18. The molecule has 1 amide bonds. The summed E-state index contributed by atoms with van der Waals surface area (Å²) in [6.45, 7) is 1.87. The van der Waals surface area contributed by atoms with Gasteiger partial charge in [0.05, 0.1) is 19.1 Å². The molecule has 0 saturated carbocycles. The van der Waals surface area contributed by atoms with Gasteiger partial charge in [-0.15, -0.1) is 0 Å². The second-order valence-corrected chi connectivity index (χ2v) is 5.79. The molecule has 1 aromatic carbocycles. The number of nitrogens with zero attached hydrogens (tertiary/aromatic N) is 1. The Morgan fingerprint density at radius 3 is 2.62 bits per heavy atom. The minimum atomic E-state index is -0.870. The second-order valence-electron chi connectivity index (χ2n) is 5.79. The summed E-state index contributed by atoms with van der Waals surface area (Å²) < 4.78 is 10.2. The summed E-state index contributed by atoms with van der Waals surface area (Å²) in [5, 5.41) is 0. The van der Waals surface area contributed by atoms with E-state index < -0.39 is 12.0 Å². The lowest BCUT2D eigenvalue weighted by atomic mass is 10.1. The van der Waals surface area contributed by atoms with Gasteiger partial charge < -0.3 is 20.1 Å². The Balaban J connectivity index is 1.76. The van der Waals surface area contributed by atoms with Crippen molar-refractivity contribution in [1.29, 1.82) is 0 Å². The van der Waals surface area contributed by atoms with Crippen LogP contribution >= 0.6 is 0 Å². The molecule has 0 aromatic heterocycles. The van der Waals surface area contributed by atoms with Crippen molar-refractivity contribution in [3.05, 3.63) is 47.5 Å². The molecule has 1 aromatic rings. The van der Waals surface area contributed by atoms with Crippen LogP contribution in [0, 0.1) is 0 Å². The predicted octanol–water partition coefficient (Wildman–Crippen LogP) is 1.25. The number of benzene rings is 1. The molecule has 24 heavy (non-hydrogen) atoms. The average molecular weight is 332 g/mol. The van der Waals surface area contributed by atoms with E-state index in [9.17, 15) is 9.59 Å². The maximum absolute atomic E-state index is 12.3. The SMILES string of the molecule is COCC1=CCN(C(=O)[C@@H](N)CC(=O)OCc2ccccc2)CC1. The Bertz CT molecular complexity index is 586. The Morgan fingerprint density at radius 2 is 2.00 bits per heavy atom. The number of hydrogen-bond acceptors (Lipinski definition) is 5. The standard InChI is InChI=1S/C18H24N2O4/c1-23-12-15-7-9-20(10-8-15)18(22)16(19)11-17(21)24-13-14-5-3-2-4-6-14/h2-7,16H,8-13,19H2,1H3/t16-/m0/s1.